The summed E-state index contributed by atoms with van der Waals surface area (Å²) in [4.78, 5) is 32.9. The van der Waals surface area contributed by atoms with Crippen LogP contribution in [0, 0.1) is 13.8 Å². The zero-order valence-electron chi connectivity index (χ0n) is 29.8. The summed E-state index contributed by atoms with van der Waals surface area (Å²) in [5.74, 6) is 1.40. The topological polar surface area (TPSA) is 43.0 Å². The Balaban J connectivity index is 1.29. The van der Waals surface area contributed by atoms with Gasteiger partial charge in [-0.25, -0.2) is 0 Å². The molecule has 0 saturated carbocycles. The van der Waals surface area contributed by atoms with Gasteiger partial charge in [0.2, 0.25) is 11.6 Å². The number of fused-ring (bicyclic) bond motifs is 2. The van der Waals surface area contributed by atoms with Crippen LogP contribution in [0.4, 0.5) is 0 Å². The number of carbonyl (C=O) groups is 2. The third kappa shape index (κ3) is 7.44. The number of hydrogen-bond acceptors (Lipinski definition) is 6. The predicted molar refractivity (Wildman–Crippen MR) is 228 cm³/mol. The monoisotopic (exact) mass is 776 g/mol. The second-order valence-corrected chi connectivity index (χ2v) is 17.2. The number of thioether (sulfide) groups is 2. The smallest absolute Gasteiger partial charge is 0.210 e. The number of rotatable bonds is 13. The molecule has 8 heteroatoms. The lowest BCUT2D eigenvalue weighted by Gasteiger charge is -2.09. The van der Waals surface area contributed by atoms with E-state index >= 15 is 0 Å². The van der Waals surface area contributed by atoms with Gasteiger partial charge in [-0.3, -0.25) is 9.59 Å². The Morgan fingerprint density at radius 3 is 1.19 bits per heavy atom. The lowest BCUT2D eigenvalue weighted by atomic mass is 10.1. The number of carbonyl (C=O) groups excluding carboxylic acids is 2. The lowest BCUT2D eigenvalue weighted by molar-refractivity contribution is 0.102. The van der Waals surface area contributed by atoms with Crippen molar-refractivity contribution >= 4 is 67.7 Å². The van der Waals surface area contributed by atoms with Gasteiger partial charge in [0, 0.05) is 35.0 Å². The van der Waals surface area contributed by atoms with E-state index < -0.39 is 0 Å². The van der Waals surface area contributed by atoms with Crippen LogP contribution in [0.3, 0.4) is 0 Å². The maximum Gasteiger partial charge on any atom is 0.210 e. The fourth-order valence-electron chi connectivity index (χ4n) is 6.47. The zero-order chi connectivity index (χ0) is 37.0. The third-order valence-corrected chi connectivity index (χ3v) is 14.3. The van der Waals surface area contributed by atoms with E-state index in [0.717, 1.165) is 41.7 Å². The van der Waals surface area contributed by atoms with E-state index in [1.807, 2.05) is 85.2 Å². The number of pyridine rings is 2. The maximum atomic E-state index is 14.5. The van der Waals surface area contributed by atoms with Gasteiger partial charge in [-0.2, -0.15) is 0 Å². The van der Waals surface area contributed by atoms with Gasteiger partial charge < -0.3 is 8.80 Å². The number of nitrogens with zero attached hydrogens (tertiary/aromatic N) is 2. The van der Waals surface area contributed by atoms with Crippen LogP contribution in [-0.4, -0.2) is 20.4 Å². The number of aromatic nitrogens is 2. The normalized spacial score (nSPS) is 11.4. The highest BCUT2D eigenvalue weighted by Gasteiger charge is 2.29. The van der Waals surface area contributed by atoms with Crippen molar-refractivity contribution in [1.29, 1.82) is 0 Å². The summed E-state index contributed by atoms with van der Waals surface area (Å²) in [5, 5.41) is 0. The first kappa shape index (κ1) is 36.1. The van der Waals surface area contributed by atoms with E-state index in [1.165, 1.54) is 11.1 Å². The second-order valence-electron chi connectivity index (χ2n) is 13.0. The average Bonchev–Trinajstić information content (AvgIpc) is 3.69. The summed E-state index contributed by atoms with van der Waals surface area (Å²) in [6.07, 6.45) is 4.05. The number of ketones is 2. The number of benzene rings is 4. The lowest BCUT2D eigenvalue weighted by Crippen LogP contribution is -2.06. The highest BCUT2D eigenvalue weighted by molar-refractivity contribution is 8.76. The molecule has 4 aromatic carbocycles. The largest absolute Gasteiger partial charge is 0.311 e. The molecule has 266 valence electrons. The van der Waals surface area contributed by atoms with Crippen LogP contribution in [0.5, 0.6) is 0 Å². The van der Waals surface area contributed by atoms with Gasteiger partial charge in [-0.1, -0.05) is 121 Å². The van der Waals surface area contributed by atoms with Crippen molar-refractivity contribution in [2.24, 2.45) is 0 Å². The van der Waals surface area contributed by atoms with Crippen molar-refractivity contribution in [1.82, 2.24) is 8.80 Å². The van der Waals surface area contributed by atoms with Crippen molar-refractivity contribution in [3.63, 3.8) is 0 Å². The van der Waals surface area contributed by atoms with Crippen LogP contribution in [0.25, 0.3) is 11.0 Å². The molecule has 0 fully saturated rings. The first-order valence-corrected chi connectivity index (χ1v) is 21.7. The van der Waals surface area contributed by atoms with E-state index in [9.17, 15) is 9.59 Å². The minimum absolute atomic E-state index is 0.0124. The van der Waals surface area contributed by atoms with E-state index in [0.29, 0.717) is 34.0 Å². The summed E-state index contributed by atoms with van der Waals surface area (Å²) >= 11 is 3.40. The fraction of sp³-hybridized carbons (Fsp3) is 0.0870. The molecule has 4 aromatic heterocycles. The van der Waals surface area contributed by atoms with Gasteiger partial charge in [-0.05, 0) is 82.0 Å². The molecule has 8 rings (SSSR count). The quantitative estimate of drug-likeness (QED) is 0.0660. The van der Waals surface area contributed by atoms with Crippen molar-refractivity contribution < 1.29 is 9.59 Å². The van der Waals surface area contributed by atoms with Crippen molar-refractivity contribution in [2.75, 3.05) is 0 Å². The average molecular weight is 777 g/mol. The molecule has 4 nitrogen and oxygen atoms in total. The SMILES string of the molecule is Cc1ccn2c(C(=O)c3ccccc3)c(SCc3ccccc3)c(SSc3c(SCc4ccccc4)c(C(=O)c4ccccc4)n4ccc(C)cc34)c2c1. The molecule has 0 unspecified atom stereocenters. The Morgan fingerprint density at radius 2 is 0.815 bits per heavy atom. The van der Waals surface area contributed by atoms with Gasteiger partial charge in [0.1, 0.15) is 11.4 Å². The molecular weight excluding hydrogens is 741 g/mol. The first-order valence-electron chi connectivity index (χ1n) is 17.6. The molecule has 4 heterocycles. The molecule has 8 aromatic rings. The summed E-state index contributed by atoms with van der Waals surface area (Å²) in [6.45, 7) is 4.18. The fourth-order valence-corrected chi connectivity index (χ4v) is 12.0. The molecule has 0 aliphatic rings. The van der Waals surface area contributed by atoms with E-state index in [-0.39, 0.29) is 11.6 Å². The molecule has 0 amide bonds. The summed E-state index contributed by atoms with van der Waals surface area (Å²) < 4.78 is 4.13. The first-order chi connectivity index (χ1) is 26.5. The van der Waals surface area contributed by atoms with Crippen LogP contribution in [0.1, 0.15) is 54.4 Å². The maximum absolute atomic E-state index is 14.5. The molecule has 54 heavy (non-hydrogen) atoms. The molecule has 0 spiro atoms. The van der Waals surface area contributed by atoms with Crippen LogP contribution < -0.4 is 0 Å². The van der Waals surface area contributed by atoms with Crippen LogP contribution in [0.15, 0.2) is 178 Å². The zero-order valence-corrected chi connectivity index (χ0v) is 33.0. The van der Waals surface area contributed by atoms with Crippen molar-refractivity contribution in [2.45, 2.75) is 44.9 Å². The molecular formula is C46H36N2O2S4. The molecule has 0 saturated heterocycles. The van der Waals surface area contributed by atoms with Crippen LogP contribution >= 0.6 is 45.1 Å². The Kier molecular flexibility index (Phi) is 10.9. The van der Waals surface area contributed by atoms with Gasteiger partial charge in [0.05, 0.1) is 30.6 Å². The minimum Gasteiger partial charge on any atom is -0.311 e. The molecule has 0 bridgehead atoms. The highest BCUT2D eigenvalue weighted by atomic mass is 33.1. The third-order valence-electron chi connectivity index (χ3n) is 9.17. The summed E-state index contributed by atoms with van der Waals surface area (Å²) in [5.41, 5.74) is 9.22. The second kappa shape index (κ2) is 16.2. The van der Waals surface area contributed by atoms with Crippen molar-refractivity contribution in [3.05, 3.63) is 203 Å². The van der Waals surface area contributed by atoms with Crippen LogP contribution in [0.2, 0.25) is 0 Å². The van der Waals surface area contributed by atoms with E-state index in [2.05, 4.69) is 95.4 Å². The molecule has 0 radical (unpaired) electrons. The molecule has 0 atom stereocenters. The number of hydrogen-bond donors (Lipinski definition) is 0. The molecule has 0 aliphatic heterocycles. The Bertz CT molecular complexity index is 2420. The molecule has 0 aliphatic carbocycles. The van der Waals surface area contributed by atoms with Crippen LogP contribution in [-0.2, 0) is 11.5 Å². The highest BCUT2D eigenvalue weighted by Crippen LogP contribution is 2.52. The van der Waals surface area contributed by atoms with Crippen molar-refractivity contribution in [3.8, 4) is 0 Å². The Labute approximate surface area is 331 Å². The summed E-state index contributed by atoms with van der Waals surface area (Å²) in [6, 6.07) is 48.4. The van der Waals surface area contributed by atoms with E-state index in [4.69, 9.17) is 0 Å². The van der Waals surface area contributed by atoms with Gasteiger partial charge in [0.25, 0.3) is 0 Å². The standard InChI is InChI=1S/C46H36N2O2S4/c1-31-23-25-47-37(27-31)43(45(51-29-33-15-7-3-8-16-33)39(47)41(49)35-19-11-5-12-20-35)53-54-44-38-28-32(2)24-26-48(38)40(42(50)36-21-13-6-14-22-36)46(44)52-30-34-17-9-4-10-18-34/h3-28H,29-30H2,1-2H3. The predicted octanol–water partition coefficient (Wildman–Crippen LogP) is 12.7. The number of aryl methyl sites for hydroxylation is 2. The van der Waals surface area contributed by atoms with E-state index in [1.54, 1.807) is 45.1 Å². The molecule has 0 N–H and O–H groups in total. The van der Waals surface area contributed by atoms with Gasteiger partial charge in [-0.15, -0.1) is 23.5 Å². The summed E-state index contributed by atoms with van der Waals surface area (Å²) in [7, 11) is 3.34. The van der Waals surface area contributed by atoms with Gasteiger partial charge >= 0.3 is 0 Å². The Hall–Kier alpha value is -4.86. The minimum atomic E-state index is -0.0124. The Morgan fingerprint density at radius 1 is 0.463 bits per heavy atom. The van der Waals surface area contributed by atoms with Gasteiger partial charge in [0.15, 0.2) is 0 Å².